The van der Waals surface area contributed by atoms with Crippen molar-refractivity contribution in [1.82, 2.24) is 16.0 Å². The van der Waals surface area contributed by atoms with Crippen molar-refractivity contribution in [2.75, 3.05) is 13.2 Å². The summed E-state index contributed by atoms with van der Waals surface area (Å²) in [5.41, 5.74) is 0. The maximum Gasteiger partial charge on any atom is 0.698 e. The van der Waals surface area contributed by atoms with E-state index >= 15 is 0 Å². The SMILES string of the molecule is CCCCC(CO[P+](=O)OC(C)C(=O)OC(=O)[C@@H]1CCCN1)NC(=O)C(C)NC(=O)C1CCC1. The van der Waals surface area contributed by atoms with Crippen LogP contribution in [-0.4, -0.2) is 61.1 Å². The fourth-order valence-corrected chi connectivity index (χ4v) is 4.24. The maximum absolute atomic E-state index is 12.5. The Kier molecular flexibility index (Phi) is 12.0. The second-order valence-electron chi connectivity index (χ2n) is 8.86. The minimum atomic E-state index is -2.69. The minimum absolute atomic E-state index is 0.0194. The van der Waals surface area contributed by atoms with Gasteiger partial charge in [0, 0.05) is 10.5 Å². The fraction of sp³-hybridized carbons (Fsp3) is 0.818. The van der Waals surface area contributed by atoms with Gasteiger partial charge in [-0.1, -0.05) is 26.2 Å². The van der Waals surface area contributed by atoms with E-state index in [1.807, 2.05) is 6.92 Å². The van der Waals surface area contributed by atoms with Gasteiger partial charge in [-0.2, -0.15) is 0 Å². The molecule has 1 aliphatic carbocycles. The fourth-order valence-electron chi connectivity index (χ4n) is 3.53. The number of esters is 2. The van der Waals surface area contributed by atoms with Crippen LogP contribution < -0.4 is 16.0 Å². The molecule has 2 rings (SSSR count). The molecule has 192 valence electrons. The van der Waals surface area contributed by atoms with Crippen molar-refractivity contribution >= 4 is 32.0 Å². The number of hydrogen-bond acceptors (Lipinski definition) is 9. The zero-order valence-corrected chi connectivity index (χ0v) is 21.1. The zero-order chi connectivity index (χ0) is 25.1. The summed E-state index contributed by atoms with van der Waals surface area (Å²) >= 11 is 0. The lowest BCUT2D eigenvalue weighted by atomic mass is 9.84. The third kappa shape index (κ3) is 9.37. The van der Waals surface area contributed by atoms with Gasteiger partial charge in [-0.3, -0.25) is 9.59 Å². The molecule has 5 atom stereocenters. The van der Waals surface area contributed by atoms with Crippen LogP contribution in [0.15, 0.2) is 0 Å². The number of amides is 2. The molecule has 2 aliphatic rings. The predicted molar refractivity (Wildman–Crippen MR) is 123 cm³/mol. The standard InChI is InChI=1S/C22H36N3O8P/c1-4-5-10-17(25-19(26)14(2)24-20(27)16-8-6-9-16)13-31-34(30)33-15(3)21(28)32-22(29)18-11-7-12-23-18/h14-18,23H,4-13H2,1-3H3,(H-,24,25,26,27)/p+1/t14?,15?,17?,18-/m0/s1. The monoisotopic (exact) mass is 502 g/mol. The summed E-state index contributed by atoms with van der Waals surface area (Å²) < 4.78 is 27.2. The molecule has 1 aliphatic heterocycles. The van der Waals surface area contributed by atoms with Gasteiger partial charge in [0.1, 0.15) is 18.7 Å². The molecular formula is C22H37N3O8P+. The highest BCUT2D eigenvalue weighted by Crippen LogP contribution is 2.28. The van der Waals surface area contributed by atoms with E-state index in [0.29, 0.717) is 19.4 Å². The zero-order valence-electron chi connectivity index (χ0n) is 20.2. The summed E-state index contributed by atoms with van der Waals surface area (Å²) in [6.45, 7) is 5.51. The molecule has 34 heavy (non-hydrogen) atoms. The van der Waals surface area contributed by atoms with Crippen molar-refractivity contribution in [1.29, 1.82) is 0 Å². The van der Waals surface area contributed by atoms with Gasteiger partial charge in [-0.25, -0.2) is 9.59 Å². The van der Waals surface area contributed by atoms with E-state index in [9.17, 15) is 23.7 Å². The van der Waals surface area contributed by atoms with Crippen LogP contribution in [-0.2, 0) is 37.5 Å². The van der Waals surface area contributed by atoms with E-state index in [2.05, 4.69) is 16.0 Å². The van der Waals surface area contributed by atoms with Gasteiger partial charge in [0.25, 0.3) is 0 Å². The molecule has 2 fully saturated rings. The second kappa shape index (κ2) is 14.5. The number of hydrogen-bond donors (Lipinski definition) is 3. The second-order valence-corrected chi connectivity index (χ2v) is 9.78. The van der Waals surface area contributed by atoms with Gasteiger partial charge >= 0.3 is 20.2 Å². The van der Waals surface area contributed by atoms with Gasteiger partial charge in [-0.05, 0) is 52.5 Å². The lowest BCUT2D eigenvalue weighted by molar-refractivity contribution is -0.165. The first-order valence-corrected chi connectivity index (χ1v) is 13.2. The predicted octanol–water partition coefficient (Wildman–Crippen LogP) is 1.87. The summed E-state index contributed by atoms with van der Waals surface area (Å²) in [7, 11) is -2.69. The molecule has 2 amide bonds. The molecule has 12 heteroatoms. The minimum Gasteiger partial charge on any atom is -0.390 e. The van der Waals surface area contributed by atoms with Gasteiger partial charge in [0.15, 0.2) is 0 Å². The summed E-state index contributed by atoms with van der Waals surface area (Å²) in [4.78, 5) is 48.5. The molecule has 4 unspecified atom stereocenters. The number of unbranched alkanes of at least 4 members (excludes halogenated alkanes) is 1. The Morgan fingerprint density at radius 2 is 1.82 bits per heavy atom. The molecule has 0 radical (unpaired) electrons. The van der Waals surface area contributed by atoms with Crippen molar-refractivity contribution in [2.45, 2.75) is 96.4 Å². The number of carbonyl (C=O) groups excluding carboxylic acids is 4. The molecule has 0 aromatic carbocycles. The summed E-state index contributed by atoms with van der Waals surface area (Å²) in [5, 5.41) is 8.47. The Balaban J connectivity index is 1.75. The van der Waals surface area contributed by atoms with Crippen LogP contribution in [0.2, 0.25) is 0 Å². The molecule has 0 aromatic heterocycles. The van der Waals surface area contributed by atoms with Crippen molar-refractivity contribution in [3.63, 3.8) is 0 Å². The molecule has 0 spiro atoms. The third-order valence-corrected chi connectivity index (χ3v) is 6.83. The molecule has 11 nitrogen and oxygen atoms in total. The molecule has 0 bridgehead atoms. The number of nitrogens with one attached hydrogen (secondary N) is 3. The topological polar surface area (TPSA) is 149 Å². The molecule has 1 saturated heterocycles. The van der Waals surface area contributed by atoms with Crippen LogP contribution in [0.5, 0.6) is 0 Å². The van der Waals surface area contributed by atoms with E-state index in [0.717, 1.165) is 38.5 Å². The van der Waals surface area contributed by atoms with E-state index in [1.54, 1.807) is 6.92 Å². The number of carbonyl (C=O) groups is 4. The molecule has 1 heterocycles. The summed E-state index contributed by atoms with van der Waals surface area (Å²) in [5.74, 6) is -2.12. The Hall–Kier alpha value is -1.94. The molecular weight excluding hydrogens is 465 g/mol. The van der Waals surface area contributed by atoms with E-state index in [-0.39, 0.29) is 24.3 Å². The third-order valence-electron chi connectivity index (χ3n) is 5.98. The maximum atomic E-state index is 12.5. The van der Waals surface area contributed by atoms with Crippen LogP contribution in [0.25, 0.3) is 0 Å². The van der Waals surface area contributed by atoms with Gasteiger partial charge in [-0.15, -0.1) is 9.05 Å². The summed E-state index contributed by atoms with van der Waals surface area (Å²) in [6.07, 6.45) is 5.13. The van der Waals surface area contributed by atoms with E-state index in [4.69, 9.17) is 13.8 Å². The van der Waals surface area contributed by atoms with Crippen molar-refractivity contribution in [3.8, 4) is 0 Å². The van der Waals surface area contributed by atoms with Crippen LogP contribution in [0, 0.1) is 5.92 Å². The smallest absolute Gasteiger partial charge is 0.390 e. The highest BCUT2D eigenvalue weighted by Gasteiger charge is 2.35. The average molecular weight is 503 g/mol. The first-order valence-electron chi connectivity index (χ1n) is 12.1. The van der Waals surface area contributed by atoms with Crippen LogP contribution >= 0.6 is 8.25 Å². The van der Waals surface area contributed by atoms with Crippen molar-refractivity contribution in [3.05, 3.63) is 0 Å². The Bertz CT molecular complexity index is 740. The Morgan fingerprint density at radius 3 is 2.41 bits per heavy atom. The van der Waals surface area contributed by atoms with Gasteiger partial charge < -0.3 is 20.7 Å². The molecule has 3 N–H and O–H groups in total. The quantitative estimate of drug-likeness (QED) is 0.184. The van der Waals surface area contributed by atoms with Crippen LogP contribution in [0.4, 0.5) is 0 Å². The Morgan fingerprint density at radius 1 is 1.09 bits per heavy atom. The highest BCUT2D eigenvalue weighted by atomic mass is 31.1. The first-order chi connectivity index (χ1) is 16.2. The molecule has 0 aromatic rings. The molecule has 1 saturated carbocycles. The van der Waals surface area contributed by atoms with E-state index < -0.39 is 44.4 Å². The lowest BCUT2D eigenvalue weighted by Crippen LogP contribution is -2.50. The largest absolute Gasteiger partial charge is 0.698 e. The van der Waals surface area contributed by atoms with Crippen molar-refractivity contribution in [2.24, 2.45) is 5.92 Å². The van der Waals surface area contributed by atoms with Gasteiger partial charge in [0.05, 0.1) is 6.04 Å². The van der Waals surface area contributed by atoms with Crippen LogP contribution in [0.3, 0.4) is 0 Å². The Labute approximate surface area is 201 Å². The first kappa shape index (κ1) is 28.3. The average Bonchev–Trinajstić information content (AvgIpc) is 3.29. The normalized spacial score (nSPS) is 21.0. The lowest BCUT2D eigenvalue weighted by Gasteiger charge is -2.26. The van der Waals surface area contributed by atoms with Crippen LogP contribution in [0.1, 0.15) is 72.1 Å². The number of ether oxygens (including phenoxy) is 1. The summed E-state index contributed by atoms with van der Waals surface area (Å²) in [6, 6.07) is -1.68. The van der Waals surface area contributed by atoms with Crippen molar-refractivity contribution < 1.29 is 37.5 Å². The van der Waals surface area contributed by atoms with E-state index in [1.165, 1.54) is 6.92 Å². The highest BCUT2D eigenvalue weighted by molar-refractivity contribution is 7.33. The van der Waals surface area contributed by atoms with Gasteiger partial charge in [0.2, 0.25) is 17.9 Å². The number of rotatable bonds is 14.